The Balaban J connectivity index is 1.61. The Morgan fingerprint density at radius 3 is 2.17 bits per heavy atom. The number of carbonyl (C=O) groups is 1. The third-order valence-electron chi connectivity index (χ3n) is 5.57. The van der Waals surface area contributed by atoms with Crippen molar-refractivity contribution in [3.05, 3.63) is 118 Å². The van der Waals surface area contributed by atoms with Gasteiger partial charge in [-0.3, -0.25) is 4.79 Å². The number of hydrogen-bond acceptors (Lipinski definition) is 3. The third-order valence-corrected chi connectivity index (χ3v) is 6.10. The first-order chi connectivity index (χ1) is 17.3. The fourth-order valence-corrected chi connectivity index (χ4v) is 4.11. The minimum Gasteiger partial charge on any atom is -0.303 e. The van der Waals surface area contributed by atoms with Gasteiger partial charge < -0.3 is 4.90 Å². The highest BCUT2D eigenvalue weighted by Crippen LogP contribution is 2.33. The Kier molecular flexibility index (Phi) is 6.32. The Labute approximate surface area is 213 Å². The number of nitrogens with zero attached hydrogens (tertiary/aromatic N) is 4. The molecular formula is C27H18BrF3N4O. The molecule has 0 fully saturated rings. The van der Waals surface area contributed by atoms with Gasteiger partial charge >= 0.3 is 6.18 Å². The van der Waals surface area contributed by atoms with Crippen LogP contribution in [-0.2, 0) is 12.7 Å². The van der Waals surface area contributed by atoms with Crippen LogP contribution in [0.1, 0.15) is 21.7 Å². The lowest BCUT2D eigenvalue weighted by atomic mass is 10.1. The van der Waals surface area contributed by atoms with Gasteiger partial charge in [-0.15, -0.1) is 0 Å². The summed E-state index contributed by atoms with van der Waals surface area (Å²) in [4.78, 5) is 19.5. The van der Waals surface area contributed by atoms with E-state index >= 15 is 0 Å². The van der Waals surface area contributed by atoms with Crippen LogP contribution in [0.5, 0.6) is 0 Å². The molecule has 180 valence electrons. The van der Waals surface area contributed by atoms with Gasteiger partial charge in [0.25, 0.3) is 5.91 Å². The van der Waals surface area contributed by atoms with E-state index in [1.54, 1.807) is 48.5 Å². The largest absolute Gasteiger partial charge is 0.433 e. The van der Waals surface area contributed by atoms with E-state index in [4.69, 9.17) is 0 Å². The molecule has 2 heterocycles. The Hall–Kier alpha value is -3.98. The standard InChI is InChI=1S/C27H18BrF3N4O/c28-20-13-11-19(12-14-20)22-15-24(27(29,30)31)35-25(32-22)16-23(33-35)26(36)34(21-9-5-2-6-10-21)17-18-7-3-1-4-8-18/h1-16H,17H2. The van der Waals surface area contributed by atoms with E-state index in [-0.39, 0.29) is 23.6 Å². The lowest BCUT2D eigenvalue weighted by Gasteiger charge is -2.22. The van der Waals surface area contributed by atoms with Gasteiger partial charge in [0.15, 0.2) is 17.0 Å². The van der Waals surface area contributed by atoms with Crippen LogP contribution in [0.15, 0.2) is 102 Å². The molecule has 0 radical (unpaired) electrons. The maximum atomic E-state index is 14.0. The molecule has 0 spiro atoms. The van der Waals surface area contributed by atoms with Gasteiger partial charge in [0.2, 0.25) is 0 Å². The molecule has 5 rings (SSSR count). The van der Waals surface area contributed by atoms with Crippen molar-refractivity contribution >= 4 is 33.2 Å². The quantitative estimate of drug-likeness (QED) is 0.236. The lowest BCUT2D eigenvalue weighted by molar-refractivity contribution is -0.142. The van der Waals surface area contributed by atoms with Crippen molar-refractivity contribution in [3.8, 4) is 11.3 Å². The maximum Gasteiger partial charge on any atom is 0.433 e. The van der Waals surface area contributed by atoms with Gasteiger partial charge in [-0.25, -0.2) is 9.50 Å². The van der Waals surface area contributed by atoms with Crippen molar-refractivity contribution in [2.24, 2.45) is 0 Å². The number of aromatic nitrogens is 3. The van der Waals surface area contributed by atoms with Gasteiger partial charge in [-0.05, 0) is 35.9 Å². The van der Waals surface area contributed by atoms with E-state index < -0.39 is 17.8 Å². The molecule has 0 aliphatic carbocycles. The van der Waals surface area contributed by atoms with Gasteiger partial charge in [-0.2, -0.15) is 18.3 Å². The molecule has 3 aromatic carbocycles. The van der Waals surface area contributed by atoms with Crippen LogP contribution in [0.2, 0.25) is 0 Å². The van der Waals surface area contributed by atoms with Gasteiger partial charge in [0.05, 0.1) is 12.2 Å². The summed E-state index contributed by atoms with van der Waals surface area (Å²) in [5.74, 6) is -0.533. The molecular weight excluding hydrogens is 533 g/mol. The van der Waals surface area contributed by atoms with Gasteiger partial charge in [0, 0.05) is 21.8 Å². The number of hydrogen-bond donors (Lipinski definition) is 0. The normalized spacial score (nSPS) is 11.6. The SMILES string of the molecule is O=C(c1cc2nc(-c3ccc(Br)cc3)cc(C(F)(F)F)n2n1)N(Cc1ccccc1)c1ccccc1. The molecule has 0 aliphatic heterocycles. The molecule has 9 heteroatoms. The predicted octanol–water partition coefficient (Wildman–Crippen LogP) is 7.02. The number of anilines is 1. The fraction of sp³-hybridized carbons (Fsp3) is 0.0741. The second kappa shape index (κ2) is 9.58. The molecule has 0 saturated heterocycles. The molecule has 36 heavy (non-hydrogen) atoms. The van der Waals surface area contributed by atoms with E-state index in [2.05, 4.69) is 26.0 Å². The molecule has 0 unspecified atom stereocenters. The summed E-state index contributed by atoms with van der Waals surface area (Å²) in [5, 5.41) is 4.05. The molecule has 0 aliphatic rings. The van der Waals surface area contributed by atoms with Crippen LogP contribution in [0.25, 0.3) is 16.9 Å². The van der Waals surface area contributed by atoms with Crippen LogP contribution >= 0.6 is 15.9 Å². The summed E-state index contributed by atoms with van der Waals surface area (Å²) in [7, 11) is 0. The molecule has 5 aromatic rings. The number of alkyl halides is 3. The van der Waals surface area contributed by atoms with Crippen molar-refractivity contribution in [1.82, 2.24) is 14.6 Å². The molecule has 0 saturated carbocycles. The van der Waals surface area contributed by atoms with Crippen LogP contribution in [0.4, 0.5) is 18.9 Å². The summed E-state index contributed by atoms with van der Waals surface area (Å²) in [6.07, 6.45) is -4.71. The number of rotatable bonds is 5. The van der Waals surface area contributed by atoms with Gasteiger partial charge in [0.1, 0.15) is 0 Å². The monoisotopic (exact) mass is 550 g/mol. The first-order valence-electron chi connectivity index (χ1n) is 10.9. The number of halogens is 4. The second-order valence-corrected chi connectivity index (χ2v) is 8.96. The van der Waals surface area contributed by atoms with Crippen molar-refractivity contribution in [2.75, 3.05) is 4.90 Å². The van der Waals surface area contributed by atoms with Crippen molar-refractivity contribution in [3.63, 3.8) is 0 Å². The van der Waals surface area contributed by atoms with Crippen LogP contribution < -0.4 is 4.90 Å². The average molecular weight is 551 g/mol. The summed E-state index contributed by atoms with van der Waals surface area (Å²) < 4.78 is 43.5. The lowest BCUT2D eigenvalue weighted by Crippen LogP contribution is -2.30. The zero-order valence-corrected chi connectivity index (χ0v) is 20.2. The number of fused-ring (bicyclic) bond motifs is 1. The Morgan fingerprint density at radius 1 is 0.889 bits per heavy atom. The molecule has 1 amide bonds. The maximum absolute atomic E-state index is 14.0. The zero-order valence-electron chi connectivity index (χ0n) is 18.7. The summed E-state index contributed by atoms with van der Waals surface area (Å²) in [6, 6.07) is 27.3. The van der Waals surface area contributed by atoms with Crippen LogP contribution in [-0.4, -0.2) is 20.5 Å². The molecule has 2 aromatic heterocycles. The first kappa shape index (κ1) is 23.7. The highest BCUT2D eigenvalue weighted by atomic mass is 79.9. The highest BCUT2D eigenvalue weighted by Gasteiger charge is 2.36. The number of benzene rings is 3. The Bertz CT molecular complexity index is 1520. The second-order valence-electron chi connectivity index (χ2n) is 8.04. The minimum atomic E-state index is -4.71. The van der Waals surface area contributed by atoms with E-state index in [0.717, 1.165) is 16.1 Å². The molecule has 0 atom stereocenters. The smallest absolute Gasteiger partial charge is 0.303 e. The fourth-order valence-electron chi connectivity index (χ4n) is 3.84. The molecule has 0 N–H and O–H groups in total. The predicted molar refractivity (Wildman–Crippen MR) is 135 cm³/mol. The average Bonchev–Trinajstić information content (AvgIpc) is 3.31. The summed E-state index contributed by atoms with van der Waals surface area (Å²) >= 11 is 3.32. The topological polar surface area (TPSA) is 50.5 Å². The van der Waals surface area contributed by atoms with Crippen molar-refractivity contribution in [1.29, 1.82) is 0 Å². The first-order valence-corrected chi connectivity index (χ1v) is 11.7. The summed E-state index contributed by atoms with van der Waals surface area (Å²) in [6.45, 7) is 0.223. The third kappa shape index (κ3) is 4.87. The Morgan fingerprint density at radius 2 is 1.53 bits per heavy atom. The van der Waals surface area contributed by atoms with Crippen LogP contribution in [0, 0.1) is 0 Å². The van der Waals surface area contributed by atoms with Crippen molar-refractivity contribution in [2.45, 2.75) is 12.7 Å². The van der Waals surface area contributed by atoms with Gasteiger partial charge in [-0.1, -0.05) is 76.6 Å². The number of amides is 1. The zero-order chi connectivity index (χ0) is 25.3. The molecule has 0 bridgehead atoms. The van der Waals surface area contributed by atoms with Crippen LogP contribution in [0.3, 0.4) is 0 Å². The minimum absolute atomic E-state index is 0.0705. The molecule has 5 nitrogen and oxygen atoms in total. The number of carbonyl (C=O) groups excluding carboxylic acids is 1. The van der Waals surface area contributed by atoms with E-state index in [0.29, 0.717) is 15.8 Å². The van der Waals surface area contributed by atoms with E-state index in [1.807, 2.05) is 36.4 Å². The highest BCUT2D eigenvalue weighted by molar-refractivity contribution is 9.10. The summed E-state index contributed by atoms with van der Waals surface area (Å²) in [5.41, 5.74) is 0.882. The van der Waals surface area contributed by atoms with E-state index in [1.165, 1.54) is 11.0 Å². The van der Waals surface area contributed by atoms with Crippen molar-refractivity contribution < 1.29 is 18.0 Å². The van der Waals surface area contributed by atoms with E-state index in [9.17, 15) is 18.0 Å². The number of para-hydroxylation sites is 1.